The summed E-state index contributed by atoms with van der Waals surface area (Å²) in [5.41, 5.74) is 0.363. The highest BCUT2D eigenvalue weighted by molar-refractivity contribution is 7.92. The van der Waals surface area contributed by atoms with Crippen molar-refractivity contribution < 1.29 is 8.42 Å². The molecule has 1 saturated heterocycles. The van der Waals surface area contributed by atoms with Crippen LogP contribution in [0.15, 0.2) is 47.6 Å². The Labute approximate surface area is 123 Å². The molecule has 0 bridgehead atoms. The van der Waals surface area contributed by atoms with Crippen molar-refractivity contribution >= 4 is 21.7 Å². The van der Waals surface area contributed by atoms with Gasteiger partial charge in [0.25, 0.3) is 10.0 Å². The molecule has 1 aromatic heterocycles. The maximum Gasteiger partial charge on any atom is 0.261 e. The number of sulfonamides is 1. The molecule has 1 aliphatic rings. The van der Waals surface area contributed by atoms with Gasteiger partial charge in [-0.25, -0.2) is 18.4 Å². The van der Waals surface area contributed by atoms with Crippen molar-refractivity contribution in [3.63, 3.8) is 0 Å². The van der Waals surface area contributed by atoms with Gasteiger partial charge in [0, 0.05) is 13.1 Å². The zero-order valence-corrected chi connectivity index (χ0v) is 12.3. The lowest BCUT2D eigenvalue weighted by atomic mass is 10.4. The second kappa shape index (κ2) is 5.69. The summed E-state index contributed by atoms with van der Waals surface area (Å²) >= 11 is 0. The number of aromatic nitrogens is 2. The molecule has 1 aliphatic heterocycles. The smallest absolute Gasteiger partial charge is 0.261 e. The van der Waals surface area contributed by atoms with Crippen LogP contribution < -0.4 is 9.62 Å². The highest BCUT2D eigenvalue weighted by Gasteiger charge is 2.16. The fourth-order valence-corrected chi connectivity index (χ4v) is 3.32. The standard InChI is InChI=1S/C14H16N4O2S/c19-21(20,13-6-2-1-3-7-13)17-12-10-15-14(16-11-12)18-8-4-5-9-18/h1-3,6-7,10-11,17H,4-5,8-9H2. The highest BCUT2D eigenvalue weighted by atomic mass is 32.2. The van der Waals surface area contributed by atoms with Crippen molar-refractivity contribution in [1.29, 1.82) is 0 Å². The topological polar surface area (TPSA) is 75.2 Å². The van der Waals surface area contributed by atoms with Gasteiger partial charge in [-0.3, -0.25) is 4.72 Å². The highest BCUT2D eigenvalue weighted by Crippen LogP contribution is 2.18. The first-order chi connectivity index (χ1) is 10.1. The maximum absolute atomic E-state index is 12.2. The second-order valence-electron chi connectivity index (χ2n) is 4.88. The molecule has 0 saturated carbocycles. The van der Waals surface area contributed by atoms with E-state index in [9.17, 15) is 8.42 Å². The summed E-state index contributed by atoms with van der Waals surface area (Å²) in [6.45, 7) is 1.91. The van der Waals surface area contributed by atoms with Gasteiger partial charge < -0.3 is 4.90 Å². The third-order valence-corrected chi connectivity index (χ3v) is 4.73. The molecule has 1 aromatic carbocycles. The molecule has 0 radical (unpaired) electrons. The van der Waals surface area contributed by atoms with Gasteiger partial charge in [-0.1, -0.05) is 18.2 Å². The predicted octanol–water partition coefficient (Wildman–Crippen LogP) is 1.88. The van der Waals surface area contributed by atoms with Gasteiger partial charge in [0.2, 0.25) is 5.95 Å². The van der Waals surface area contributed by atoms with E-state index in [4.69, 9.17) is 0 Å². The van der Waals surface area contributed by atoms with Crippen LogP contribution in [0.5, 0.6) is 0 Å². The van der Waals surface area contributed by atoms with Crippen molar-refractivity contribution in [1.82, 2.24) is 9.97 Å². The summed E-state index contributed by atoms with van der Waals surface area (Å²) in [4.78, 5) is 10.8. The van der Waals surface area contributed by atoms with Crippen LogP contribution in [0.25, 0.3) is 0 Å². The quantitative estimate of drug-likeness (QED) is 0.933. The third kappa shape index (κ3) is 3.13. The lowest BCUT2D eigenvalue weighted by molar-refractivity contribution is 0.601. The van der Waals surface area contributed by atoms with E-state index in [0.29, 0.717) is 11.6 Å². The number of hydrogen-bond donors (Lipinski definition) is 1. The Bertz CT molecular complexity index is 696. The zero-order chi connectivity index (χ0) is 14.7. The van der Waals surface area contributed by atoms with E-state index in [1.807, 2.05) is 0 Å². The Morgan fingerprint density at radius 2 is 1.62 bits per heavy atom. The summed E-state index contributed by atoms with van der Waals surface area (Å²) in [7, 11) is -3.59. The molecule has 1 N–H and O–H groups in total. The molecule has 0 aliphatic carbocycles. The lowest BCUT2D eigenvalue weighted by Crippen LogP contribution is -2.20. The van der Waals surface area contributed by atoms with Crippen molar-refractivity contribution in [3.05, 3.63) is 42.7 Å². The Balaban J connectivity index is 1.76. The molecule has 0 atom stereocenters. The van der Waals surface area contributed by atoms with Crippen LogP contribution in [0.3, 0.4) is 0 Å². The van der Waals surface area contributed by atoms with E-state index >= 15 is 0 Å². The van der Waals surface area contributed by atoms with Crippen LogP contribution in [0.2, 0.25) is 0 Å². The fourth-order valence-electron chi connectivity index (χ4n) is 2.27. The number of anilines is 2. The zero-order valence-electron chi connectivity index (χ0n) is 11.4. The summed E-state index contributed by atoms with van der Waals surface area (Å²) in [5.74, 6) is 0.648. The van der Waals surface area contributed by atoms with E-state index in [1.165, 1.54) is 12.4 Å². The van der Waals surface area contributed by atoms with Gasteiger partial charge >= 0.3 is 0 Å². The maximum atomic E-state index is 12.2. The van der Waals surface area contributed by atoms with Crippen molar-refractivity contribution in [2.75, 3.05) is 22.7 Å². The summed E-state index contributed by atoms with van der Waals surface area (Å²) in [6.07, 6.45) is 5.29. The first-order valence-corrected chi connectivity index (χ1v) is 8.28. The Kier molecular flexibility index (Phi) is 3.74. The Hall–Kier alpha value is -2.15. The predicted molar refractivity (Wildman–Crippen MR) is 80.7 cm³/mol. The number of benzene rings is 1. The van der Waals surface area contributed by atoms with Gasteiger partial charge in [0.05, 0.1) is 23.0 Å². The normalized spacial score (nSPS) is 15.1. The molecule has 1 fully saturated rings. The number of nitrogens with one attached hydrogen (secondary N) is 1. The number of nitrogens with zero attached hydrogens (tertiary/aromatic N) is 3. The largest absolute Gasteiger partial charge is 0.341 e. The van der Waals surface area contributed by atoms with E-state index in [-0.39, 0.29) is 4.90 Å². The van der Waals surface area contributed by atoms with Crippen LogP contribution in [0, 0.1) is 0 Å². The van der Waals surface area contributed by atoms with E-state index in [2.05, 4.69) is 19.6 Å². The van der Waals surface area contributed by atoms with E-state index < -0.39 is 10.0 Å². The van der Waals surface area contributed by atoms with Crippen LogP contribution in [-0.2, 0) is 10.0 Å². The lowest BCUT2D eigenvalue weighted by Gasteiger charge is -2.15. The minimum atomic E-state index is -3.59. The molecule has 0 spiro atoms. The average molecular weight is 304 g/mol. The van der Waals surface area contributed by atoms with Crippen molar-refractivity contribution in [2.45, 2.75) is 17.7 Å². The van der Waals surface area contributed by atoms with Crippen LogP contribution in [0.4, 0.5) is 11.6 Å². The summed E-state index contributed by atoms with van der Waals surface area (Å²) < 4.78 is 26.8. The average Bonchev–Trinajstić information content (AvgIpc) is 3.03. The molecular weight excluding hydrogens is 288 g/mol. The van der Waals surface area contributed by atoms with Gasteiger partial charge in [0.1, 0.15) is 0 Å². The van der Waals surface area contributed by atoms with Gasteiger partial charge in [-0.05, 0) is 25.0 Å². The van der Waals surface area contributed by atoms with E-state index in [0.717, 1.165) is 25.9 Å². The molecule has 3 rings (SSSR count). The molecule has 6 nitrogen and oxygen atoms in total. The number of hydrogen-bond acceptors (Lipinski definition) is 5. The molecule has 0 amide bonds. The van der Waals surface area contributed by atoms with Crippen LogP contribution >= 0.6 is 0 Å². The van der Waals surface area contributed by atoms with Crippen LogP contribution in [-0.4, -0.2) is 31.5 Å². The molecule has 0 unspecified atom stereocenters. The first kappa shape index (κ1) is 13.8. The van der Waals surface area contributed by atoms with Gasteiger partial charge in [0.15, 0.2) is 0 Å². The molecule has 21 heavy (non-hydrogen) atoms. The monoisotopic (exact) mass is 304 g/mol. The van der Waals surface area contributed by atoms with Gasteiger partial charge in [-0.15, -0.1) is 0 Å². The third-order valence-electron chi connectivity index (χ3n) is 3.33. The Morgan fingerprint density at radius 3 is 2.24 bits per heavy atom. The molecule has 2 aromatic rings. The Morgan fingerprint density at radius 1 is 1.00 bits per heavy atom. The van der Waals surface area contributed by atoms with E-state index in [1.54, 1.807) is 30.3 Å². The minimum absolute atomic E-state index is 0.216. The fraction of sp³-hybridized carbons (Fsp3) is 0.286. The summed E-state index contributed by atoms with van der Waals surface area (Å²) in [6, 6.07) is 8.22. The molecule has 110 valence electrons. The number of rotatable bonds is 4. The minimum Gasteiger partial charge on any atom is -0.341 e. The summed E-state index contributed by atoms with van der Waals surface area (Å²) in [5, 5.41) is 0. The van der Waals surface area contributed by atoms with Gasteiger partial charge in [-0.2, -0.15) is 0 Å². The second-order valence-corrected chi connectivity index (χ2v) is 6.57. The molecule has 2 heterocycles. The molecule has 7 heteroatoms. The van der Waals surface area contributed by atoms with Crippen LogP contribution in [0.1, 0.15) is 12.8 Å². The molecular formula is C14H16N4O2S. The van der Waals surface area contributed by atoms with Crippen molar-refractivity contribution in [3.8, 4) is 0 Å². The first-order valence-electron chi connectivity index (χ1n) is 6.80. The van der Waals surface area contributed by atoms with Crippen molar-refractivity contribution in [2.24, 2.45) is 0 Å². The SMILES string of the molecule is O=S(=O)(Nc1cnc(N2CCCC2)nc1)c1ccccc1.